The minimum Gasteiger partial charge on any atom is -0.366 e. The van der Waals surface area contributed by atoms with Gasteiger partial charge in [-0.05, 0) is 18.2 Å². The number of carbonyl (C=O) groups is 1. The molecule has 1 saturated heterocycles. The Morgan fingerprint density at radius 1 is 1.12 bits per heavy atom. The van der Waals surface area contributed by atoms with Crippen molar-refractivity contribution >= 4 is 23.2 Å². The average Bonchev–Trinajstić information content (AvgIpc) is 2.62. The summed E-state index contributed by atoms with van der Waals surface area (Å²) in [6.45, 7) is 2.49. The highest BCUT2D eigenvalue weighted by Gasteiger charge is 2.25. The molecule has 0 radical (unpaired) electrons. The van der Waals surface area contributed by atoms with Crippen molar-refractivity contribution in [1.29, 1.82) is 0 Å². The SMILES string of the molecule is NC(=O)c1ccc(N2CCN(c3ncccn3)CC2)c([N+](=O)[O-])c1. The van der Waals surface area contributed by atoms with Gasteiger partial charge in [-0.15, -0.1) is 0 Å². The lowest BCUT2D eigenvalue weighted by Gasteiger charge is -2.35. The number of piperazine rings is 1. The van der Waals surface area contributed by atoms with Crippen molar-refractivity contribution in [3.63, 3.8) is 0 Å². The molecule has 9 heteroatoms. The van der Waals surface area contributed by atoms with Gasteiger partial charge in [0.2, 0.25) is 11.9 Å². The summed E-state index contributed by atoms with van der Waals surface area (Å²) in [7, 11) is 0. The maximum atomic E-state index is 11.3. The van der Waals surface area contributed by atoms with E-state index < -0.39 is 10.8 Å². The first-order valence-electron chi connectivity index (χ1n) is 7.41. The molecule has 2 heterocycles. The van der Waals surface area contributed by atoms with E-state index in [0.29, 0.717) is 37.8 Å². The number of hydrogen-bond donors (Lipinski definition) is 1. The van der Waals surface area contributed by atoms with Crippen LogP contribution in [0.3, 0.4) is 0 Å². The summed E-state index contributed by atoms with van der Waals surface area (Å²) in [5.74, 6) is -0.0357. The van der Waals surface area contributed by atoms with Crippen LogP contribution in [0.15, 0.2) is 36.7 Å². The summed E-state index contributed by atoms with van der Waals surface area (Å²) < 4.78 is 0. The number of nitro groups is 1. The molecule has 0 unspecified atom stereocenters. The first kappa shape index (κ1) is 15.7. The van der Waals surface area contributed by atoms with Gasteiger partial charge in [-0.1, -0.05) is 0 Å². The summed E-state index contributed by atoms with van der Waals surface area (Å²) >= 11 is 0. The number of amides is 1. The van der Waals surface area contributed by atoms with Gasteiger partial charge in [0.15, 0.2) is 0 Å². The quantitative estimate of drug-likeness (QED) is 0.651. The molecule has 0 spiro atoms. The standard InChI is InChI=1S/C15H16N6O3/c16-14(22)11-2-3-12(13(10-11)21(23)24)19-6-8-20(9-7-19)15-17-4-1-5-18-15/h1-5,10H,6-9H2,(H2,16,22). The van der Waals surface area contributed by atoms with Gasteiger partial charge < -0.3 is 15.5 Å². The first-order valence-corrected chi connectivity index (χ1v) is 7.41. The number of aromatic nitrogens is 2. The van der Waals surface area contributed by atoms with Gasteiger partial charge in [-0.2, -0.15) is 0 Å². The molecule has 1 amide bonds. The summed E-state index contributed by atoms with van der Waals surface area (Å²) in [5.41, 5.74) is 5.69. The second kappa shape index (κ2) is 6.49. The van der Waals surface area contributed by atoms with Gasteiger partial charge in [0, 0.05) is 50.2 Å². The number of carbonyl (C=O) groups excluding carboxylic acids is 1. The molecule has 1 aliphatic rings. The Balaban J connectivity index is 1.79. The Labute approximate surface area is 137 Å². The molecule has 0 aliphatic carbocycles. The zero-order valence-corrected chi connectivity index (χ0v) is 12.8. The van der Waals surface area contributed by atoms with Crippen LogP contribution in [-0.2, 0) is 0 Å². The number of hydrogen-bond acceptors (Lipinski definition) is 7. The smallest absolute Gasteiger partial charge is 0.293 e. The molecule has 1 aromatic heterocycles. The van der Waals surface area contributed by atoms with Gasteiger partial charge in [-0.25, -0.2) is 9.97 Å². The summed E-state index contributed by atoms with van der Waals surface area (Å²) in [6.07, 6.45) is 3.37. The molecule has 9 nitrogen and oxygen atoms in total. The fourth-order valence-electron chi connectivity index (χ4n) is 2.69. The van der Waals surface area contributed by atoms with Crippen LogP contribution in [0.2, 0.25) is 0 Å². The van der Waals surface area contributed by atoms with E-state index in [1.54, 1.807) is 24.5 Å². The molecule has 0 bridgehead atoms. The molecule has 2 aromatic rings. The van der Waals surface area contributed by atoms with E-state index in [1.165, 1.54) is 12.1 Å². The van der Waals surface area contributed by atoms with Crippen molar-refractivity contribution < 1.29 is 9.72 Å². The van der Waals surface area contributed by atoms with Crippen molar-refractivity contribution in [2.45, 2.75) is 0 Å². The monoisotopic (exact) mass is 328 g/mol. The summed E-state index contributed by atoms with van der Waals surface area (Å²) in [6, 6.07) is 6.07. The predicted octanol–water partition coefficient (Wildman–Crippen LogP) is 0.810. The predicted molar refractivity (Wildman–Crippen MR) is 88.1 cm³/mol. The molecular weight excluding hydrogens is 312 g/mol. The lowest BCUT2D eigenvalue weighted by atomic mass is 10.1. The van der Waals surface area contributed by atoms with Crippen molar-refractivity contribution in [1.82, 2.24) is 9.97 Å². The highest BCUT2D eigenvalue weighted by atomic mass is 16.6. The Kier molecular flexibility index (Phi) is 4.23. The number of anilines is 2. The van der Waals surface area contributed by atoms with E-state index in [-0.39, 0.29) is 11.3 Å². The van der Waals surface area contributed by atoms with Crippen LogP contribution >= 0.6 is 0 Å². The normalized spacial score (nSPS) is 14.5. The largest absolute Gasteiger partial charge is 0.366 e. The zero-order chi connectivity index (χ0) is 17.1. The third-order valence-corrected chi connectivity index (χ3v) is 3.91. The number of nitro benzene ring substituents is 1. The maximum Gasteiger partial charge on any atom is 0.293 e. The second-order valence-electron chi connectivity index (χ2n) is 5.35. The number of nitrogens with zero attached hydrogens (tertiary/aromatic N) is 5. The molecule has 0 saturated carbocycles. The fourth-order valence-corrected chi connectivity index (χ4v) is 2.69. The Morgan fingerprint density at radius 2 is 1.75 bits per heavy atom. The van der Waals surface area contributed by atoms with Crippen LogP contribution in [0.1, 0.15) is 10.4 Å². The highest BCUT2D eigenvalue weighted by Crippen LogP contribution is 2.30. The van der Waals surface area contributed by atoms with Crippen LogP contribution in [0.25, 0.3) is 0 Å². The minimum absolute atomic E-state index is 0.115. The van der Waals surface area contributed by atoms with Crippen molar-refractivity contribution in [2.75, 3.05) is 36.0 Å². The average molecular weight is 328 g/mol. The van der Waals surface area contributed by atoms with Crippen LogP contribution in [0, 0.1) is 10.1 Å². The van der Waals surface area contributed by atoms with E-state index in [1.807, 2.05) is 9.80 Å². The molecule has 0 atom stereocenters. The highest BCUT2D eigenvalue weighted by molar-refractivity contribution is 5.94. The molecule has 124 valence electrons. The molecule has 2 N–H and O–H groups in total. The lowest BCUT2D eigenvalue weighted by molar-refractivity contribution is -0.384. The van der Waals surface area contributed by atoms with Gasteiger partial charge >= 0.3 is 0 Å². The van der Waals surface area contributed by atoms with Crippen molar-refractivity contribution in [3.05, 3.63) is 52.3 Å². The van der Waals surface area contributed by atoms with Gasteiger partial charge in [0.1, 0.15) is 5.69 Å². The van der Waals surface area contributed by atoms with Gasteiger partial charge in [0.25, 0.3) is 5.69 Å². The summed E-state index contributed by atoms with van der Waals surface area (Å²) in [4.78, 5) is 34.4. The lowest BCUT2D eigenvalue weighted by Crippen LogP contribution is -2.47. The molecule has 3 rings (SSSR count). The van der Waals surface area contributed by atoms with Crippen LogP contribution in [-0.4, -0.2) is 47.0 Å². The number of primary amides is 1. The third kappa shape index (κ3) is 3.09. The van der Waals surface area contributed by atoms with E-state index in [0.717, 1.165) is 0 Å². The van der Waals surface area contributed by atoms with Crippen LogP contribution in [0.4, 0.5) is 17.3 Å². The van der Waals surface area contributed by atoms with Crippen LogP contribution < -0.4 is 15.5 Å². The van der Waals surface area contributed by atoms with Crippen molar-refractivity contribution in [2.24, 2.45) is 5.73 Å². The zero-order valence-electron chi connectivity index (χ0n) is 12.8. The Morgan fingerprint density at radius 3 is 2.33 bits per heavy atom. The Hall–Kier alpha value is -3.23. The first-order chi connectivity index (χ1) is 11.6. The number of rotatable bonds is 4. The Bertz CT molecular complexity index is 759. The van der Waals surface area contributed by atoms with Gasteiger partial charge in [0.05, 0.1) is 4.92 Å². The van der Waals surface area contributed by atoms with Gasteiger partial charge in [-0.3, -0.25) is 14.9 Å². The molecule has 24 heavy (non-hydrogen) atoms. The second-order valence-corrected chi connectivity index (χ2v) is 5.35. The molecule has 1 aliphatic heterocycles. The van der Waals surface area contributed by atoms with Crippen LogP contribution in [0.5, 0.6) is 0 Å². The number of benzene rings is 1. The van der Waals surface area contributed by atoms with E-state index in [4.69, 9.17) is 5.73 Å². The minimum atomic E-state index is -0.685. The molecular formula is C15H16N6O3. The van der Waals surface area contributed by atoms with E-state index in [2.05, 4.69) is 9.97 Å². The number of nitrogens with two attached hydrogens (primary N) is 1. The van der Waals surface area contributed by atoms with E-state index >= 15 is 0 Å². The molecule has 1 aromatic carbocycles. The maximum absolute atomic E-state index is 11.3. The third-order valence-electron chi connectivity index (χ3n) is 3.91. The summed E-state index contributed by atoms with van der Waals surface area (Å²) in [5, 5.41) is 11.3. The van der Waals surface area contributed by atoms with Crippen molar-refractivity contribution in [3.8, 4) is 0 Å². The van der Waals surface area contributed by atoms with E-state index in [9.17, 15) is 14.9 Å². The molecule has 1 fully saturated rings. The fraction of sp³-hybridized carbons (Fsp3) is 0.267. The topological polar surface area (TPSA) is 118 Å².